The summed E-state index contributed by atoms with van der Waals surface area (Å²) in [6.07, 6.45) is 11.1. The number of nitrogens with one attached hydrogen (secondary N) is 1. The third-order valence-electron chi connectivity index (χ3n) is 5.95. The fourth-order valence-corrected chi connectivity index (χ4v) is 4.33. The second-order valence-corrected chi connectivity index (χ2v) is 7.95. The number of carbonyl (C=O) groups excluding carboxylic acids is 1. The van der Waals surface area contributed by atoms with Crippen molar-refractivity contribution in [1.29, 1.82) is 0 Å². The van der Waals surface area contributed by atoms with E-state index in [0.717, 1.165) is 63.5 Å². The molecule has 2 aromatic rings. The van der Waals surface area contributed by atoms with E-state index in [-0.39, 0.29) is 11.8 Å². The lowest BCUT2D eigenvalue weighted by Crippen LogP contribution is -2.33. The number of hydrogen-bond donors (Lipinski definition) is 1. The van der Waals surface area contributed by atoms with Crippen LogP contribution in [0.5, 0.6) is 0 Å². The molecule has 0 saturated heterocycles. The molecule has 2 aromatic heterocycles. The molecule has 0 unspecified atom stereocenters. The second kappa shape index (κ2) is 9.28. The first-order chi connectivity index (χ1) is 13.8. The number of hydrogen-bond acceptors (Lipinski definition) is 5. The summed E-state index contributed by atoms with van der Waals surface area (Å²) in [6.45, 7) is 4.41. The van der Waals surface area contributed by atoms with Gasteiger partial charge < -0.3 is 9.88 Å². The van der Waals surface area contributed by atoms with Crippen LogP contribution in [-0.4, -0.2) is 50.2 Å². The van der Waals surface area contributed by atoms with Gasteiger partial charge in [0.25, 0.3) is 0 Å². The summed E-state index contributed by atoms with van der Waals surface area (Å²) in [6, 6.07) is 4.11. The van der Waals surface area contributed by atoms with E-state index < -0.39 is 0 Å². The average molecular weight is 383 g/mol. The quantitative estimate of drug-likeness (QED) is 0.827. The second-order valence-electron chi connectivity index (χ2n) is 7.95. The molecular formula is C21H30N6O. The van der Waals surface area contributed by atoms with Crippen LogP contribution in [0.4, 0.5) is 0 Å². The first-order valence-corrected chi connectivity index (χ1v) is 10.6. The van der Waals surface area contributed by atoms with Crippen LogP contribution in [0.25, 0.3) is 0 Å². The minimum Gasteiger partial charge on any atom is -0.355 e. The summed E-state index contributed by atoms with van der Waals surface area (Å²) >= 11 is 0. The highest BCUT2D eigenvalue weighted by Crippen LogP contribution is 2.23. The fraction of sp³-hybridized carbons (Fsp3) is 0.619. The smallest absolute Gasteiger partial charge is 0.223 e. The van der Waals surface area contributed by atoms with Crippen LogP contribution in [0.3, 0.4) is 0 Å². The van der Waals surface area contributed by atoms with Crippen LogP contribution >= 0.6 is 0 Å². The van der Waals surface area contributed by atoms with Crippen LogP contribution in [0.15, 0.2) is 24.5 Å². The molecule has 7 nitrogen and oxygen atoms in total. The normalized spacial score (nSPS) is 18.4. The van der Waals surface area contributed by atoms with Gasteiger partial charge >= 0.3 is 0 Å². The third kappa shape index (κ3) is 4.76. The Morgan fingerprint density at radius 3 is 2.86 bits per heavy atom. The first-order valence-electron chi connectivity index (χ1n) is 10.6. The number of pyridine rings is 1. The zero-order chi connectivity index (χ0) is 19.2. The van der Waals surface area contributed by atoms with E-state index in [4.69, 9.17) is 0 Å². The topological polar surface area (TPSA) is 75.9 Å². The predicted octanol–water partition coefficient (Wildman–Crippen LogP) is 1.97. The summed E-state index contributed by atoms with van der Waals surface area (Å²) < 4.78 is 2.25. The van der Waals surface area contributed by atoms with Crippen LogP contribution in [0.1, 0.15) is 49.3 Å². The van der Waals surface area contributed by atoms with Gasteiger partial charge in [0.15, 0.2) is 0 Å². The van der Waals surface area contributed by atoms with Gasteiger partial charge in [-0.3, -0.25) is 14.7 Å². The van der Waals surface area contributed by atoms with Crippen LogP contribution in [-0.2, 0) is 30.7 Å². The summed E-state index contributed by atoms with van der Waals surface area (Å²) in [7, 11) is 0. The first kappa shape index (κ1) is 19.1. The van der Waals surface area contributed by atoms with E-state index in [1.165, 1.54) is 24.8 Å². The molecule has 1 aliphatic heterocycles. The number of rotatable bonds is 6. The van der Waals surface area contributed by atoms with Crippen molar-refractivity contribution in [3.05, 3.63) is 41.7 Å². The largest absolute Gasteiger partial charge is 0.355 e. The molecule has 7 heteroatoms. The minimum absolute atomic E-state index is 0.213. The van der Waals surface area contributed by atoms with E-state index >= 15 is 0 Å². The average Bonchev–Trinajstić information content (AvgIpc) is 3.01. The Hall–Kier alpha value is -2.28. The van der Waals surface area contributed by atoms with Crippen molar-refractivity contribution in [3.63, 3.8) is 0 Å². The monoisotopic (exact) mass is 382 g/mol. The Balaban J connectivity index is 1.28. The zero-order valence-corrected chi connectivity index (χ0v) is 16.5. The van der Waals surface area contributed by atoms with Crippen LogP contribution < -0.4 is 5.32 Å². The van der Waals surface area contributed by atoms with Crippen molar-refractivity contribution in [2.24, 2.45) is 5.92 Å². The molecule has 1 amide bonds. The van der Waals surface area contributed by atoms with Gasteiger partial charge in [-0.2, -0.15) is 0 Å². The molecule has 1 fully saturated rings. The van der Waals surface area contributed by atoms with Crippen molar-refractivity contribution >= 4 is 5.91 Å². The lowest BCUT2D eigenvalue weighted by molar-refractivity contribution is -0.125. The van der Waals surface area contributed by atoms with E-state index in [2.05, 4.69) is 36.0 Å². The molecule has 4 rings (SSSR count). The van der Waals surface area contributed by atoms with E-state index in [9.17, 15) is 4.79 Å². The van der Waals surface area contributed by atoms with E-state index in [0.29, 0.717) is 6.54 Å². The van der Waals surface area contributed by atoms with Gasteiger partial charge in [-0.25, -0.2) is 0 Å². The van der Waals surface area contributed by atoms with Crippen molar-refractivity contribution < 1.29 is 4.79 Å². The van der Waals surface area contributed by atoms with Gasteiger partial charge in [0.05, 0.1) is 0 Å². The maximum atomic E-state index is 12.3. The summed E-state index contributed by atoms with van der Waals surface area (Å²) in [5, 5.41) is 11.9. The summed E-state index contributed by atoms with van der Waals surface area (Å²) in [4.78, 5) is 19.0. The molecule has 28 heavy (non-hydrogen) atoms. The van der Waals surface area contributed by atoms with Gasteiger partial charge in [0.1, 0.15) is 11.6 Å². The number of carbonyl (C=O) groups is 1. The molecule has 0 aromatic carbocycles. The molecule has 0 atom stereocenters. The van der Waals surface area contributed by atoms with Gasteiger partial charge in [-0.05, 0) is 24.5 Å². The number of nitrogens with zero attached hydrogens (tertiary/aromatic N) is 5. The lowest BCUT2D eigenvalue weighted by Gasteiger charge is -2.20. The van der Waals surface area contributed by atoms with Gasteiger partial charge in [-0.1, -0.05) is 25.3 Å². The fourth-order valence-electron chi connectivity index (χ4n) is 4.33. The van der Waals surface area contributed by atoms with Gasteiger partial charge in [0, 0.05) is 63.9 Å². The Bertz CT molecular complexity index is 768. The molecule has 2 aliphatic rings. The standard InChI is InChI=1S/C21H30N6O/c28-21(18-6-2-1-3-7-18)23-11-8-19-24-25-20-9-12-26(13-14-27(19)20)16-17-5-4-10-22-15-17/h4-5,10,15,18H,1-3,6-9,11-14,16H2,(H,23,28). The highest BCUT2D eigenvalue weighted by molar-refractivity contribution is 5.78. The molecule has 0 bridgehead atoms. The summed E-state index contributed by atoms with van der Waals surface area (Å²) in [5.74, 6) is 2.48. The van der Waals surface area contributed by atoms with Crippen molar-refractivity contribution in [2.75, 3.05) is 19.6 Å². The molecule has 0 spiro atoms. The highest BCUT2D eigenvalue weighted by Gasteiger charge is 2.22. The summed E-state index contributed by atoms with van der Waals surface area (Å²) in [5.41, 5.74) is 1.24. The van der Waals surface area contributed by atoms with E-state index in [1.807, 2.05) is 18.5 Å². The predicted molar refractivity (Wildman–Crippen MR) is 107 cm³/mol. The van der Waals surface area contributed by atoms with Crippen molar-refractivity contribution in [3.8, 4) is 0 Å². The van der Waals surface area contributed by atoms with Gasteiger partial charge in [-0.15, -0.1) is 10.2 Å². The highest BCUT2D eigenvalue weighted by atomic mass is 16.1. The Labute approximate surface area is 166 Å². The molecular weight excluding hydrogens is 352 g/mol. The molecule has 1 saturated carbocycles. The Kier molecular flexibility index (Phi) is 6.31. The van der Waals surface area contributed by atoms with E-state index in [1.54, 1.807) is 0 Å². The number of amides is 1. The molecule has 1 N–H and O–H groups in total. The molecule has 1 aliphatic carbocycles. The third-order valence-corrected chi connectivity index (χ3v) is 5.95. The molecule has 3 heterocycles. The SMILES string of the molecule is O=C(NCCc1nnc2n1CCN(Cc1cccnc1)CC2)C1CCCCC1. The minimum atomic E-state index is 0.213. The van der Waals surface area contributed by atoms with Crippen molar-refractivity contribution in [2.45, 2.75) is 58.0 Å². The lowest BCUT2D eigenvalue weighted by atomic mass is 9.89. The zero-order valence-electron chi connectivity index (χ0n) is 16.5. The maximum Gasteiger partial charge on any atom is 0.223 e. The molecule has 0 radical (unpaired) electrons. The Morgan fingerprint density at radius 2 is 2.04 bits per heavy atom. The number of fused-ring (bicyclic) bond motifs is 1. The molecule has 150 valence electrons. The maximum absolute atomic E-state index is 12.3. The van der Waals surface area contributed by atoms with Crippen LogP contribution in [0, 0.1) is 5.92 Å². The van der Waals surface area contributed by atoms with Crippen molar-refractivity contribution in [1.82, 2.24) is 30.0 Å². The Morgan fingerprint density at radius 1 is 1.14 bits per heavy atom. The van der Waals surface area contributed by atoms with Gasteiger partial charge in [0.2, 0.25) is 5.91 Å². The van der Waals surface area contributed by atoms with Crippen LogP contribution in [0.2, 0.25) is 0 Å². The number of aromatic nitrogens is 4.